The van der Waals surface area contributed by atoms with Crippen LogP contribution in [-0.2, 0) is 16.0 Å². The van der Waals surface area contributed by atoms with Crippen molar-refractivity contribution in [1.29, 1.82) is 0 Å². The predicted octanol–water partition coefficient (Wildman–Crippen LogP) is 1.47. The lowest BCUT2D eigenvalue weighted by molar-refractivity contribution is -0.125. The molecular weight excluding hydrogens is 242 g/mol. The highest BCUT2D eigenvalue weighted by atomic mass is 16.5. The molecule has 0 spiro atoms. The average molecular weight is 263 g/mol. The van der Waals surface area contributed by atoms with E-state index < -0.39 is 0 Å². The lowest BCUT2D eigenvalue weighted by atomic mass is 9.88. The molecule has 2 heterocycles. The number of ketones is 1. The van der Waals surface area contributed by atoms with E-state index >= 15 is 0 Å². The molecule has 1 fully saturated rings. The third kappa shape index (κ3) is 3.73. The molecule has 0 atom stereocenters. The Morgan fingerprint density at radius 3 is 2.47 bits per heavy atom. The van der Waals surface area contributed by atoms with Crippen molar-refractivity contribution in [2.75, 3.05) is 31.2 Å². The first-order chi connectivity index (χ1) is 8.97. The molecule has 5 heteroatoms. The lowest BCUT2D eigenvalue weighted by Crippen LogP contribution is -2.36. The molecule has 1 aliphatic rings. The predicted molar refractivity (Wildman–Crippen MR) is 73.2 cm³/mol. The number of hydrogen-bond acceptors (Lipinski definition) is 5. The minimum atomic E-state index is -0.329. The van der Waals surface area contributed by atoms with Crippen LogP contribution in [0.4, 0.5) is 5.82 Å². The van der Waals surface area contributed by atoms with E-state index in [1.54, 1.807) is 0 Å². The van der Waals surface area contributed by atoms with Gasteiger partial charge in [-0.2, -0.15) is 5.10 Å². The van der Waals surface area contributed by atoms with Crippen molar-refractivity contribution >= 4 is 11.6 Å². The van der Waals surface area contributed by atoms with Gasteiger partial charge in [0.2, 0.25) is 0 Å². The summed E-state index contributed by atoms with van der Waals surface area (Å²) in [6.45, 7) is 8.91. The number of rotatable bonds is 3. The van der Waals surface area contributed by atoms with Crippen LogP contribution in [0, 0.1) is 5.41 Å². The summed E-state index contributed by atoms with van der Waals surface area (Å²) in [6.07, 6.45) is 0.347. The number of nitrogens with zero attached hydrogens (tertiary/aromatic N) is 3. The summed E-state index contributed by atoms with van der Waals surface area (Å²) < 4.78 is 5.30. The van der Waals surface area contributed by atoms with Gasteiger partial charge in [0.1, 0.15) is 5.78 Å². The number of morpholine rings is 1. The Bertz CT molecular complexity index is 431. The normalized spacial score (nSPS) is 16.5. The molecule has 1 aromatic heterocycles. The second-order valence-corrected chi connectivity index (χ2v) is 5.83. The molecule has 5 nitrogen and oxygen atoms in total. The zero-order chi connectivity index (χ0) is 13.9. The van der Waals surface area contributed by atoms with Gasteiger partial charge in [-0.15, -0.1) is 5.10 Å². The highest BCUT2D eigenvalue weighted by molar-refractivity contribution is 5.85. The van der Waals surface area contributed by atoms with Crippen LogP contribution in [0.3, 0.4) is 0 Å². The van der Waals surface area contributed by atoms with Crippen molar-refractivity contribution in [2.45, 2.75) is 27.2 Å². The third-order valence-corrected chi connectivity index (χ3v) is 3.22. The van der Waals surface area contributed by atoms with Crippen LogP contribution in [0.5, 0.6) is 0 Å². The Kier molecular flexibility index (Phi) is 4.14. The molecule has 0 unspecified atom stereocenters. The first-order valence-corrected chi connectivity index (χ1v) is 6.65. The monoisotopic (exact) mass is 263 g/mol. The third-order valence-electron chi connectivity index (χ3n) is 3.22. The van der Waals surface area contributed by atoms with Crippen LogP contribution < -0.4 is 4.90 Å². The summed E-state index contributed by atoms with van der Waals surface area (Å²) in [7, 11) is 0. The van der Waals surface area contributed by atoms with E-state index in [-0.39, 0.29) is 11.2 Å². The van der Waals surface area contributed by atoms with Gasteiger partial charge in [-0.05, 0) is 12.1 Å². The Hall–Kier alpha value is -1.49. The fourth-order valence-electron chi connectivity index (χ4n) is 1.84. The smallest absolute Gasteiger partial charge is 0.151 e. The van der Waals surface area contributed by atoms with E-state index in [1.165, 1.54) is 0 Å². The second kappa shape index (κ2) is 5.65. The van der Waals surface area contributed by atoms with Crippen molar-refractivity contribution in [3.05, 3.63) is 17.8 Å². The summed E-state index contributed by atoms with van der Waals surface area (Å²) in [4.78, 5) is 14.1. The van der Waals surface area contributed by atoms with E-state index in [0.717, 1.165) is 37.8 Å². The number of hydrogen-bond donors (Lipinski definition) is 0. The second-order valence-electron chi connectivity index (χ2n) is 5.83. The molecule has 0 amide bonds. The van der Waals surface area contributed by atoms with E-state index in [9.17, 15) is 4.79 Å². The van der Waals surface area contributed by atoms with Gasteiger partial charge in [0.15, 0.2) is 5.82 Å². The van der Waals surface area contributed by atoms with Crippen molar-refractivity contribution < 1.29 is 9.53 Å². The Labute approximate surface area is 114 Å². The quantitative estimate of drug-likeness (QED) is 0.826. The molecule has 104 valence electrons. The summed E-state index contributed by atoms with van der Waals surface area (Å²) >= 11 is 0. The summed E-state index contributed by atoms with van der Waals surface area (Å²) in [5, 5.41) is 8.36. The van der Waals surface area contributed by atoms with Crippen LogP contribution in [0.1, 0.15) is 26.5 Å². The van der Waals surface area contributed by atoms with Crippen LogP contribution >= 0.6 is 0 Å². The summed E-state index contributed by atoms with van der Waals surface area (Å²) in [5.41, 5.74) is 0.404. The standard InChI is InChI=1S/C14H21N3O2/c1-14(2,3)12(18)10-11-4-5-13(16-15-11)17-6-8-19-9-7-17/h4-5H,6-10H2,1-3H3. The van der Waals surface area contributed by atoms with Crippen molar-refractivity contribution in [3.63, 3.8) is 0 Å². The summed E-state index contributed by atoms with van der Waals surface area (Å²) in [6, 6.07) is 3.82. The summed E-state index contributed by atoms with van der Waals surface area (Å²) in [5.74, 6) is 1.04. The van der Waals surface area contributed by atoms with Gasteiger partial charge in [-0.25, -0.2) is 0 Å². The molecule has 0 N–H and O–H groups in total. The maximum Gasteiger partial charge on any atom is 0.151 e. The maximum absolute atomic E-state index is 11.9. The fraction of sp³-hybridized carbons (Fsp3) is 0.643. The van der Waals surface area contributed by atoms with Gasteiger partial charge in [-0.1, -0.05) is 20.8 Å². The highest BCUT2D eigenvalue weighted by Crippen LogP contribution is 2.18. The SMILES string of the molecule is CC(C)(C)C(=O)Cc1ccc(N2CCOCC2)nn1. The Morgan fingerprint density at radius 2 is 1.95 bits per heavy atom. The minimum Gasteiger partial charge on any atom is -0.378 e. The van der Waals surface area contributed by atoms with E-state index in [4.69, 9.17) is 4.74 Å². The van der Waals surface area contributed by atoms with E-state index in [2.05, 4.69) is 15.1 Å². The van der Waals surface area contributed by atoms with Gasteiger partial charge in [0.05, 0.1) is 25.3 Å². The van der Waals surface area contributed by atoms with Crippen LogP contribution in [0.2, 0.25) is 0 Å². The number of anilines is 1. The van der Waals surface area contributed by atoms with Gasteiger partial charge >= 0.3 is 0 Å². The maximum atomic E-state index is 11.9. The molecule has 0 aliphatic carbocycles. The molecule has 19 heavy (non-hydrogen) atoms. The van der Waals surface area contributed by atoms with Crippen molar-refractivity contribution in [1.82, 2.24) is 10.2 Å². The highest BCUT2D eigenvalue weighted by Gasteiger charge is 2.22. The molecule has 0 bridgehead atoms. The minimum absolute atomic E-state index is 0.181. The fourth-order valence-corrected chi connectivity index (χ4v) is 1.84. The van der Waals surface area contributed by atoms with Crippen LogP contribution in [-0.4, -0.2) is 42.3 Å². The molecule has 1 saturated heterocycles. The lowest BCUT2D eigenvalue weighted by Gasteiger charge is -2.27. The molecule has 0 aromatic carbocycles. The number of aromatic nitrogens is 2. The van der Waals surface area contributed by atoms with Gasteiger partial charge in [0.25, 0.3) is 0 Å². The number of ether oxygens (including phenoxy) is 1. The van der Waals surface area contributed by atoms with Crippen LogP contribution in [0.25, 0.3) is 0 Å². The number of carbonyl (C=O) groups excluding carboxylic acids is 1. The van der Waals surface area contributed by atoms with Crippen molar-refractivity contribution in [2.24, 2.45) is 5.41 Å². The zero-order valence-electron chi connectivity index (χ0n) is 11.8. The van der Waals surface area contributed by atoms with Gasteiger partial charge in [0, 0.05) is 18.5 Å². The number of Topliss-reactive ketones (excluding diaryl/α,β-unsaturated/α-hetero) is 1. The molecule has 0 radical (unpaired) electrons. The Morgan fingerprint density at radius 1 is 1.26 bits per heavy atom. The topological polar surface area (TPSA) is 55.3 Å². The number of carbonyl (C=O) groups is 1. The van der Waals surface area contributed by atoms with Crippen LogP contribution in [0.15, 0.2) is 12.1 Å². The van der Waals surface area contributed by atoms with Gasteiger partial charge < -0.3 is 9.64 Å². The molecule has 1 aromatic rings. The van der Waals surface area contributed by atoms with Gasteiger partial charge in [-0.3, -0.25) is 4.79 Å². The molecule has 0 saturated carbocycles. The average Bonchev–Trinajstić information content (AvgIpc) is 2.39. The first kappa shape index (κ1) is 13.9. The zero-order valence-corrected chi connectivity index (χ0v) is 11.8. The largest absolute Gasteiger partial charge is 0.378 e. The van der Waals surface area contributed by atoms with Crippen molar-refractivity contribution in [3.8, 4) is 0 Å². The van der Waals surface area contributed by atoms with E-state index in [0.29, 0.717) is 6.42 Å². The van der Waals surface area contributed by atoms with E-state index in [1.807, 2.05) is 32.9 Å². The molecular formula is C14H21N3O2. The molecule has 2 rings (SSSR count). The first-order valence-electron chi connectivity index (χ1n) is 6.65. The molecule has 1 aliphatic heterocycles. The Balaban J connectivity index is 2.00.